The summed E-state index contributed by atoms with van der Waals surface area (Å²) in [6.07, 6.45) is 6.54. The maximum atomic E-state index is 9.81. The van der Waals surface area contributed by atoms with Crippen molar-refractivity contribution in [3.8, 4) is 11.5 Å². The van der Waals surface area contributed by atoms with E-state index < -0.39 is 0 Å². The first kappa shape index (κ1) is 14.3. The molecule has 0 aliphatic rings. The summed E-state index contributed by atoms with van der Waals surface area (Å²) >= 11 is 1.44. The van der Waals surface area contributed by atoms with Gasteiger partial charge in [0.2, 0.25) is 6.20 Å². The topological polar surface area (TPSA) is 59.1 Å². The van der Waals surface area contributed by atoms with E-state index in [4.69, 9.17) is 4.74 Å². The van der Waals surface area contributed by atoms with Gasteiger partial charge in [-0.05, 0) is 31.2 Å². The van der Waals surface area contributed by atoms with Crippen LogP contribution in [0.4, 0.5) is 0 Å². The first-order chi connectivity index (χ1) is 10.7. The monoisotopic (exact) mass is 312 g/mol. The van der Waals surface area contributed by atoms with Crippen LogP contribution in [0.3, 0.4) is 0 Å². The maximum Gasteiger partial charge on any atom is 0.264 e. The highest BCUT2D eigenvalue weighted by Crippen LogP contribution is 2.29. The SMILES string of the molecule is Cc1ncccc1Oc1cc(Sc2ccccn2)c[n+](O)c1. The molecule has 110 valence electrons. The van der Waals surface area contributed by atoms with Gasteiger partial charge in [-0.15, -0.1) is 0 Å². The second kappa shape index (κ2) is 6.44. The second-order valence-electron chi connectivity index (χ2n) is 4.55. The number of pyridine rings is 3. The van der Waals surface area contributed by atoms with Crippen LogP contribution in [0.5, 0.6) is 11.5 Å². The van der Waals surface area contributed by atoms with E-state index in [1.54, 1.807) is 18.6 Å². The fraction of sp³-hybridized carbons (Fsp3) is 0.0625. The third-order valence-corrected chi connectivity index (χ3v) is 3.76. The van der Waals surface area contributed by atoms with E-state index in [9.17, 15) is 5.21 Å². The third-order valence-electron chi connectivity index (χ3n) is 2.85. The Hall–Kier alpha value is -2.60. The molecule has 0 bridgehead atoms. The van der Waals surface area contributed by atoms with Gasteiger partial charge in [-0.1, -0.05) is 17.8 Å². The molecule has 3 aromatic heterocycles. The number of aromatic nitrogens is 3. The van der Waals surface area contributed by atoms with Crippen molar-refractivity contribution >= 4 is 11.8 Å². The summed E-state index contributed by atoms with van der Waals surface area (Å²) in [7, 11) is 0. The van der Waals surface area contributed by atoms with Crippen molar-refractivity contribution in [2.24, 2.45) is 0 Å². The van der Waals surface area contributed by atoms with Gasteiger partial charge >= 0.3 is 0 Å². The van der Waals surface area contributed by atoms with Gasteiger partial charge in [0.25, 0.3) is 6.20 Å². The molecule has 0 unspecified atom stereocenters. The minimum atomic E-state index is 0.527. The van der Waals surface area contributed by atoms with Crippen molar-refractivity contribution in [3.05, 3.63) is 66.9 Å². The molecule has 0 aromatic carbocycles. The van der Waals surface area contributed by atoms with Crippen LogP contribution >= 0.6 is 11.8 Å². The van der Waals surface area contributed by atoms with Gasteiger partial charge in [-0.3, -0.25) is 10.2 Å². The first-order valence-corrected chi connectivity index (χ1v) is 7.46. The highest BCUT2D eigenvalue weighted by molar-refractivity contribution is 7.99. The van der Waals surface area contributed by atoms with Crippen molar-refractivity contribution in [1.29, 1.82) is 0 Å². The largest absolute Gasteiger partial charge is 0.449 e. The Morgan fingerprint density at radius 1 is 1.09 bits per heavy atom. The van der Waals surface area contributed by atoms with Crippen molar-refractivity contribution in [2.45, 2.75) is 16.8 Å². The van der Waals surface area contributed by atoms with Gasteiger partial charge < -0.3 is 4.74 Å². The lowest BCUT2D eigenvalue weighted by molar-refractivity contribution is -0.906. The normalized spacial score (nSPS) is 10.4. The van der Waals surface area contributed by atoms with E-state index in [0.717, 1.165) is 20.3 Å². The fourth-order valence-electron chi connectivity index (χ4n) is 1.86. The van der Waals surface area contributed by atoms with E-state index in [1.165, 1.54) is 18.0 Å². The Morgan fingerprint density at radius 2 is 1.95 bits per heavy atom. The predicted octanol–water partition coefficient (Wildman–Crippen LogP) is 3.25. The van der Waals surface area contributed by atoms with Gasteiger partial charge in [0.15, 0.2) is 5.75 Å². The van der Waals surface area contributed by atoms with Crippen LogP contribution in [-0.2, 0) is 0 Å². The zero-order chi connectivity index (χ0) is 15.4. The van der Waals surface area contributed by atoms with Crippen molar-refractivity contribution < 1.29 is 14.7 Å². The van der Waals surface area contributed by atoms with Crippen LogP contribution in [0.2, 0.25) is 0 Å². The first-order valence-electron chi connectivity index (χ1n) is 6.65. The molecule has 0 radical (unpaired) electrons. The highest BCUT2D eigenvalue weighted by atomic mass is 32.2. The van der Waals surface area contributed by atoms with Gasteiger partial charge in [-0.25, -0.2) is 4.98 Å². The molecule has 3 aromatic rings. The van der Waals surface area contributed by atoms with Gasteiger partial charge in [0, 0.05) is 23.2 Å². The summed E-state index contributed by atoms with van der Waals surface area (Å²) in [5.74, 6) is 1.18. The lowest BCUT2D eigenvalue weighted by atomic mass is 10.3. The number of hydrogen-bond donors (Lipinski definition) is 1. The van der Waals surface area contributed by atoms with Crippen molar-refractivity contribution in [2.75, 3.05) is 0 Å². The molecule has 0 fully saturated rings. The van der Waals surface area contributed by atoms with Gasteiger partial charge in [0.05, 0.1) is 10.6 Å². The molecule has 0 spiro atoms. The number of rotatable bonds is 4. The van der Waals surface area contributed by atoms with Gasteiger partial charge in [0.1, 0.15) is 10.8 Å². The number of ether oxygens (including phenoxy) is 1. The zero-order valence-corrected chi connectivity index (χ0v) is 12.7. The van der Waals surface area contributed by atoms with Crippen molar-refractivity contribution in [3.63, 3.8) is 0 Å². The van der Waals surface area contributed by atoms with Crippen LogP contribution in [-0.4, -0.2) is 15.2 Å². The second-order valence-corrected chi connectivity index (χ2v) is 5.64. The molecule has 3 rings (SSSR count). The predicted molar refractivity (Wildman–Crippen MR) is 81.2 cm³/mol. The fourth-order valence-corrected chi connectivity index (χ4v) is 2.69. The van der Waals surface area contributed by atoms with Gasteiger partial charge in [-0.2, -0.15) is 0 Å². The molecule has 0 amide bonds. The van der Waals surface area contributed by atoms with E-state index in [0.29, 0.717) is 11.5 Å². The standard InChI is InChI=1S/C16H14N3O2S/c1-12-15(5-4-8-17-12)21-13-9-14(11-19(20)10-13)22-16-6-2-3-7-18-16/h2-11,20H,1H3/q+1. The lowest BCUT2D eigenvalue weighted by Crippen LogP contribution is -2.28. The quantitative estimate of drug-likeness (QED) is 0.592. The molecular formula is C16H14N3O2S+. The van der Waals surface area contributed by atoms with E-state index in [1.807, 2.05) is 43.3 Å². The summed E-state index contributed by atoms with van der Waals surface area (Å²) in [5.41, 5.74) is 0.787. The Labute approximate surface area is 132 Å². The van der Waals surface area contributed by atoms with Crippen LogP contribution in [0, 0.1) is 6.92 Å². The summed E-state index contributed by atoms with van der Waals surface area (Å²) in [6.45, 7) is 1.87. The van der Waals surface area contributed by atoms with E-state index in [2.05, 4.69) is 9.97 Å². The summed E-state index contributed by atoms with van der Waals surface area (Å²) in [6, 6.07) is 11.2. The Balaban J connectivity index is 1.85. The Bertz CT molecular complexity index is 781. The molecule has 0 atom stereocenters. The minimum Gasteiger partial charge on any atom is -0.449 e. The lowest BCUT2D eigenvalue weighted by Gasteiger charge is -2.06. The number of aryl methyl sites for hydroxylation is 1. The summed E-state index contributed by atoms with van der Waals surface area (Å²) in [4.78, 5) is 9.25. The van der Waals surface area contributed by atoms with Crippen LogP contribution < -0.4 is 9.47 Å². The summed E-state index contributed by atoms with van der Waals surface area (Å²) < 4.78 is 6.77. The molecule has 5 nitrogen and oxygen atoms in total. The maximum absolute atomic E-state index is 9.81. The summed E-state index contributed by atoms with van der Waals surface area (Å²) in [5, 5.41) is 10.7. The molecule has 22 heavy (non-hydrogen) atoms. The number of nitrogens with zero attached hydrogens (tertiary/aromatic N) is 3. The molecule has 0 aliphatic heterocycles. The molecule has 0 saturated carbocycles. The molecule has 3 heterocycles. The number of hydrogen-bond acceptors (Lipinski definition) is 5. The smallest absolute Gasteiger partial charge is 0.264 e. The third kappa shape index (κ3) is 3.53. The molecular weight excluding hydrogens is 298 g/mol. The van der Waals surface area contributed by atoms with Crippen molar-refractivity contribution in [1.82, 2.24) is 9.97 Å². The average Bonchev–Trinajstić information content (AvgIpc) is 2.50. The molecule has 0 saturated heterocycles. The average molecular weight is 312 g/mol. The zero-order valence-electron chi connectivity index (χ0n) is 11.9. The Morgan fingerprint density at radius 3 is 2.73 bits per heavy atom. The molecule has 1 N–H and O–H groups in total. The molecule has 0 aliphatic carbocycles. The van der Waals surface area contributed by atoms with Crippen LogP contribution in [0.1, 0.15) is 5.69 Å². The van der Waals surface area contributed by atoms with E-state index >= 15 is 0 Å². The van der Waals surface area contributed by atoms with E-state index in [-0.39, 0.29) is 0 Å². The highest BCUT2D eigenvalue weighted by Gasteiger charge is 2.11. The Kier molecular flexibility index (Phi) is 4.20. The minimum absolute atomic E-state index is 0.527. The van der Waals surface area contributed by atoms with Crippen LogP contribution in [0.15, 0.2) is 71.1 Å². The molecule has 6 heteroatoms. The van der Waals surface area contributed by atoms with Crippen LogP contribution in [0.25, 0.3) is 0 Å².